The Balaban J connectivity index is 2.03. The van der Waals surface area contributed by atoms with Crippen molar-refractivity contribution in [1.29, 1.82) is 0 Å². The summed E-state index contributed by atoms with van der Waals surface area (Å²) in [6.45, 7) is 8.32. The highest BCUT2D eigenvalue weighted by Gasteiger charge is 2.15. The first-order chi connectivity index (χ1) is 9.77. The quantitative estimate of drug-likeness (QED) is 0.818. The van der Waals surface area contributed by atoms with Crippen LogP contribution in [0.2, 0.25) is 0 Å². The molecule has 0 atom stereocenters. The number of carbonyl (C=O) groups is 1. The molecule has 2 rings (SSSR count). The maximum Gasteiger partial charge on any atom is 0.372 e. The van der Waals surface area contributed by atoms with Gasteiger partial charge in [-0.2, -0.15) is 0 Å². The second-order valence-corrected chi connectivity index (χ2v) is 7.14. The predicted octanol–water partition coefficient (Wildman–Crippen LogP) is 4.88. The summed E-state index contributed by atoms with van der Waals surface area (Å²) in [7, 11) is 0. The average Bonchev–Trinajstić information content (AvgIpc) is 2.77. The number of rotatable bonds is 4. The molecule has 0 aliphatic carbocycles. The molecule has 1 aromatic carbocycles. The van der Waals surface area contributed by atoms with Crippen molar-refractivity contribution >= 4 is 17.7 Å². The Kier molecular flexibility index (Phi) is 4.47. The van der Waals surface area contributed by atoms with Crippen LogP contribution in [0.1, 0.15) is 48.2 Å². The third-order valence-corrected chi connectivity index (χ3v) is 4.30. The summed E-state index contributed by atoms with van der Waals surface area (Å²) in [6, 6.07) is 10.3. The molecule has 3 nitrogen and oxygen atoms in total. The van der Waals surface area contributed by atoms with Crippen LogP contribution in [0.25, 0.3) is 0 Å². The monoisotopic (exact) mass is 304 g/mol. The van der Waals surface area contributed by atoms with Crippen molar-refractivity contribution in [2.45, 2.75) is 43.8 Å². The van der Waals surface area contributed by atoms with Gasteiger partial charge in [-0.25, -0.2) is 4.79 Å². The lowest BCUT2D eigenvalue weighted by atomic mass is 9.87. The molecule has 0 aliphatic rings. The summed E-state index contributed by atoms with van der Waals surface area (Å²) in [6.07, 6.45) is 0. The van der Waals surface area contributed by atoms with Gasteiger partial charge in [-0.3, -0.25) is 0 Å². The third-order valence-electron chi connectivity index (χ3n) is 3.26. The van der Waals surface area contributed by atoms with Gasteiger partial charge in [-0.05, 0) is 36.1 Å². The summed E-state index contributed by atoms with van der Waals surface area (Å²) in [5, 5.41) is 8.97. The maximum atomic E-state index is 10.9. The third kappa shape index (κ3) is 3.91. The summed E-state index contributed by atoms with van der Waals surface area (Å²) >= 11 is 1.64. The normalized spacial score (nSPS) is 11.6. The van der Waals surface area contributed by atoms with E-state index in [1.165, 1.54) is 5.56 Å². The number of hydrogen-bond acceptors (Lipinski definition) is 3. The van der Waals surface area contributed by atoms with Crippen LogP contribution < -0.4 is 0 Å². The summed E-state index contributed by atoms with van der Waals surface area (Å²) in [5.74, 6) is 0.338. The maximum absolute atomic E-state index is 10.9. The first kappa shape index (κ1) is 15.7. The van der Waals surface area contributed by atoms with Gasteiger partial charge in [0.2, 0.25) is 5.76 Å². The lowest BCUT2D eigenvalue weighted by molar-refractivity contribution is 0.0659. The molecule has 112 valence electrons. The van der Waals surface area contributed by atoms with Gasteiger partial charge in [-0.15, -0.1) is 11.8 Å². The number of aryl methyl sites for hydroxylation is 1. The molecule has 2 aromatic rings. The molecule has 0 amide bonds. The van der Waals surface area contributed by atoms with Crippen LogP contribution in [0.5, 0.6) is 0 Å². The smallest absolute Gasteiger partial charge is 0.372 e. The number of furan rings is 1. The van der Waals surface area contributed by atoms with Crippen molar-refractivity contribution < 1.29 is 14.3 Å². The minimum atomic E-state index is -1.02. The average molecular weight is 304 g/mol. The second-order valence-electron chi connectivity index (χ2n) is 6.09. The molecule has 0 radical (unpaired) electrons. The van der Waals surface area contributed by atoms with E-state index in [0.717, 1.165) is 4.90 Å². The Labute approximate surface area is 129 Å². The Morgan fingerprint density at radius 1 is 1.24 bits per heavy atom. The van der Waals surface area contributed by atoms with Crippen LogP contribution in [0.15, 0.2) is 39.6 Å². The van der Waals surface area contributed by atoms with Crippen molar-refractivity contribution in [2.24, 2.45) is 0 Å². The molecule has 0 saturated heterocycles. The second kappa shape index (κ2) is 5.98. The lowest BCUT2D eigenvalue weighted by Gasteiger charge is -2.18. The van der Waals surface area contributed by atoms with Crippen molar-refractivity contribution in [1.82, 2.24) is 0 Å². The van der Waals surface area contributed by atoms with Crippen LogP contribution >= 0.6 is 11.8 Å². The molecule has 0 aliphatic heterocycles. The highest BCUT2D eigenvalue weighted by Crippen LogP contribution is 2.28. The Hall–Kier alpha value is -1.68. The number of carboxylic acids is 1. The molecular weight excluding hydrogens is 284 g/mol. The standard InChI is InChI=1S/C17H20O3S/c1-11-9-13(20-15(11)16(18)19)10-21-14-7-5-12(6-8-14)17(2,3)4/h5-9H,10H2,1-4H3,(H,18,19). The molecule has 21 heavy (non-hydrogen) atoms. The molecule has 1 aromatic heterocycles. The molecular formula is C17H20O3S. The molecule has 0 spiro atoms. The number of carboxylic acid groups (broad SMARTS) is 1. The van der Waals surface area contributed by atoms with Crippen molar-refractivity contribution in [3.63, 3.8) is 0 Å². The van der Waals surface area contributed by atoms with Gasteiger partial charge in [0.05, 0.1) is 5.75 Å². The predicted molar refractivity (Wildman–Crippen MR) is 85.1 cm³/mol. The van der Waals surface area contributed by atoms with Gasteiger partial charge in [0.25, 0.3) is 0 Å². The fraction of sp³-hybridized carbons (Fsp3) is 0.353. The fourth-order valence-corrected chi connectivity index (χ4v) is 2.82. The van der Waals surface area contributed by atoms with Gasteiger partial charge in [0, 0.05) is 10.5 Å². The van der Waals surface area contributed by atoms with Crippen LogP contribution in [0.3, 0.4) is 0 Å². The molecule has 0 bridgehead atoms. The van der Waals surface area contributed by atoms with Gasteiger partial charge < -0.3 is 9.52 Å². The number of benzene rings is 1. The van der Waals surface area contributed by atoms with Crippen LogP contribution in [0.4, 0.5) is 0 Å². The number of hydrogen-bond donors (Lipinski definition) is 1. The van der Waals surface area contributed by atoms with E-state index in [4.69, 9.17) is 9.52 Å². The summed E-state index contributed by atoms with van der Waals surface area (Å²) in [5.41, 5.74) is 2.12. The van der Waals surface area contributed by atoms with E-state index < -0.39 is 5.97 Å². The molecule has 0 unspecified atom stereocenters. The first-order valence-electron chi connectivity index (χ1n) is 6.83. The highest BCUT2D eigenvalue weighted by molar-refractivity contribution is 7.98. The van der Waals surface area contributed by atoms with Crippen molar-refractivity contribution in [2.75, 3.05) is 0 Å². The largest absolute Gasteiger partial charge is 0.475 e. The van der Waals surface area contributed by atoms with Crippen molar-refractivity contribution in [3.05, 3.63) is 53.0 Å². The van der Waals surface area contributed by atoms with Gasteiger partial charge in [-0.1, -0.05) is 32.9 Å². The van der Waals surface area contributed by atoms with Crippen LogP contribution in [-0.4, -0.2) is 11.1 Å². The Bertz CT molecular complexity index is 633. The Morgan fingerprint density at radius 3 is 2.33 bits per heavy atom. The number of aromatic carboxylic acids is 1. The number of thioether (sulfide) groups is 1. The zero-order valence-corrected chi connectivity index (χ0v) is 13.6. The summed E-state index contributed by atoms with van der Waals surface area (Å²) in [4.78, 5) is 12.1. The van der Waals surface area contributed by atoms with Crippen molar-refractivity contribution in [3.8, 4) is 0 Å². The lowest BCUT2D eigenvalue weighted by Crippen LogP contribution is -2.10. The van der Waals surface area contributed by atoms with E-state index in [9.17, 15) is 4.79 Å². The van der Waals surface area contributed by atoms with E-state index in [2.05, 4.69) is 45.0 Å². The minimum absolute atomic E-state index is 0.0358. The van der Waals surface area contributed by atoms with E-state index >= 15 is 0 Å². The topological polar surface area (TPSA) is 50.4 Å². The Morgan fingerprint density at radius 2 is 1.86 bits per heavy atom. The molecule has 4 heteroatoms. The van der Waals surface area contributed by atoms with E-state index in [1.54, 1.807) is 24.8 Å². The highest BCUT2D eigenvalue weighted by atomic mass is 32.2. The molecule has 1 heterocycles. The van der Waals surface area contributed by atoms with E-state index in [-0.39, 0.29) is 11.2 Å². The SMILES string of the molecule is Cc1cc(CSc2ccc(C(C)(C)C)cc2)oc1C(=O)O. The van der Waals surface area contributed by atoms with Crippen LogP contribution in [-0.2, 0) is 11.2 Å². The first-order valence-corrected chi connectivity index (χ1v) is 7.82. The zero-order chi connectivity index (χ0) is 15.6. The van der Waals surface area contributed by atoms with Crippen LogP contribution in [0, 0.1) is 6.92 Å². The minimum Gasteiger partial charge on any atom is -0.475 e. The van der Waals surface area contributed by atoms with E-state index in [1.807, 2.05) is 0 Å². The fourth-order valence-electron chi connectivity index (χ4n) is 2.04. The molecule has 1 N–H and O–H groups in total. The molecule has 0 fully saturated rings. The van der Waals surface area contributed by atoms with Gasteiger partial charge >= 0.3 is 5.97 Å². The van der Waals surface area contributed by atoms with E-state index in [0.29, 0.717) is 17.1 Å². The van der Waals surface area contributed by atoms with Gasteiger partial charge in [0.1, 0.15) is 5.76 Å². The summed E-state index contributed by atoms with van der Waals surface area (Å²) < 4.78 is 5.36. The zero-order valence-electron chi connectivity index (χ0n) is 12.8. The molecule has 0 saturated carbocycles. The van der Waals surface area contributed by atoms with Gasteiger partial charge in [0.15, 0.2) is 0 Å².